The maximum atomic E-state index is 10.5. The summed E-state index contributed by atoms with van der Waals surface area (Å²) < 4.78 is 0. The third kappa shape index (κ3) is 2.88. The molecule has 0 aromatic carbocycles. The van der Waals surface area contributed by atoms with Crippen molar-refractivity contribution in [3.63, 3.8) is 0 Å². The quantitative estimate of drug-likeness (QED) is 0.719. The zero-order valence-electron chi connectivity index (χ0n) is 11.3. The van der Waals surface area contributed by atoms with Crippen molar-refractivity contribution in [1.82, 2.24) is 0 Å². The summed E-state index contributed by atoms with van der Waals surface area (Å²) in [5.74, 6) is 2.76. The number of hydrogen-bond acceptors (Lipinski definition) is 1. The van der Waals surface area contributed by atoms with E-state index in [0.717, 1.165) is 6.42 Å². The molecule has 0 bridgehead atoms. The topological polar surface area (TPSA) is 20.2 Å². The zero-order chi connectivity index (χ0) is 12.3. The van der Waals surface area contributed by atoms with E-state index in [0.29, 0.717) is 29.6 Å². The van der Waals surface area contributed by atoms with Crippen molar-refractivity contribution >= 4 is 0 Å². The molecule has 1 N–H and O–H groups in total. The SMILES string of the molecule is C=CC[C@@H]1CC[C@@H](C(C)C)[C@H](O)[C@H]1C(C)C. The lowest BCUT2D eigenvalue weighted by molar-refractivity contribution is -0.0499. The fraction of sp³-hybridized carbons (Fsp3) is 0.867. The average molecular weight is 224 g/mol. The molecule has 0 aliphatic heterocycles. The van der Waals surface area contributed by atoms with Crippen LogP contribution >= 0.6 is 0 Å². The fourth-order valence-electron chi connectivity index (χ4n) is 3.49. The van der Waals surface area contributed by atoms with E-state index in [9.17, 15) is 5.11 Å². The molecule has 1 aliphatic carbocycles. The van der Waals surface area contributed by atoms with Gasteiger partial charge in [0.05, 0.1) is 6.10 Å². The van der Waals surface area contributed by atoms with Crippen LogP contribution in [-0.4, -0.2) is 11.2 Å². The van der Waals surface area contributed by atoms with Crippen molar-refractivity contribution in [3.8, 4) is 0 Å². The van der Waals surface area contributed by atoms with Crippen LogP contribution in [0.4, 0.5) is 0 Å². The third-order valence-electron chi connectivity index (χ3n) is 4.34. The smallest absolute Gasteiger partial charge is 0.0604 e. The van der Waals surface area contributed by atoms with Crippen LogP contribution in [0.15, 0.2) is 12.7 Å². The summed E-state index contributed by atoms with van der Waals surface area (Å²) in [4.78, 5) is 0. The van der Waals surface area contributed by atoms with Crippen molar-refractivity contribution < 1.29 is 5.11 Å². The van der Waals surface area contributed by atoms with Crippen LogP contribution in [0.5, 0.6) is 0 Å². The number of hydrogen-bond donors (Lipinski definition) is 1. The van der Waals surface area contributed by atoms with E-state index < -0.39 is 0 Å². The van der Waals surface area contributed by atoms with Gasteiger partial charge in [-0.3, -0.25) is 0 Å². The highest BCUT2D eigenvalue weighted by Crippen LogP contribution is 2.42. The Morgan fingerprint density at radius 1 is 1.19 bits per heavy atom. The van der Waals surface area contributed by atoms with Crippen molar-refractivity contribution in [3.05, 3.63) is 12.7 Å². The van der Waals surface area contributed by atoms with Crippen molar-refractivity contribution in [2.45, 2.75) is 53.1 Å². The van der Waals surface area contributed by atoms with Gasteiger partial charge in [0.1, 0.15) is 0 Å². The second-order valence-corrected chi connectivity index (χ2v) is 6.08. The van der Waals surface area contributed by atoms with Gasteiger partial charge in [0.2, 0.25) is 0 Å². The van der Waals surface area contributed by atoms with E-state index in [4.69, 9.17) is 0 Å². The lowest BCUT2D eigenvalue weighted by Gasteiger charge is -2.44. The molecule has 1 aliphatic rings. The summed E-state index contributed by atoms with van der Waals surface area (Å²) in [5, 5.41) is 10.5. The van der Waals surface area contributed by atoms with Crippen molar-refractivity contribution in [2.75, 3.05) is 0 Å². The Kier molecular flexibility index (Phi) is 5.04. The second kappa shape index (κ2) is 5.86. The molecular formula is C15H28O. The van der Waals surface area contributed by atoms with Gasteiger partial charge in [0.15, 0.2) is 0 Å². The molecule has 94 valence electrons. The summed E-state index contributed by atoms with van der Waals surface area (Å²) >= 11 is 0. The van der Waals surface area contributed by atoms with Crippen LogP contribution in [0.2, 0.25) is 0 Å². The first kappa shape index (κ1) is 13.8. The highest BCUT2D eigenvalue weighted by atomic mass is 16.3. The molecule has 4 atom stereocenters. The molecule has 1 rings (SSSR count). The van der Waals surface area contributed by atoms with Crippen LogP contribution < -0.4 is 0 Å². The lowest BCUT2D eigenvalue weighted by Crippen LogP contribution is -2.43. The Morgan fingerprint density at radius 2 is 1.81 bits per heavy atom. The zero-order valence-corrected chi connectivity index (χ0v) is 11.3. The minimum atomic E-state index is -0.112. The molecule has 1 heteroatoms. The first-order valence-corrected chi connectivity index (χ1v) is 6.78. The number of aliphatic hydroxyl groups excluding tert-OH is 1. The molecular weight excluding hydrogens is 196 g/mol. The standard InChI is InChI=1S/C15H28O/c1-6-7-12-8-9-13(10(2)3)15(16)14(12)11(4)5/h6,10-16H,1,7-9H2,2-5H3/t12-,13+,14+,15+/m1/s1. The highest BCUT2D eigenvalue weighted by molar-refractivity contribution is 4.92. The minimum absolute atomic E-state index is 0.112. The van der Waals surface area contributed by atoms with E-state index in [-0.39, 0.29) is 6.10 Å². The Bertz CT molecular complexity index is 219. The average Bonchev–Trinajstić information content (AvgIpc) is 2.17. The maximum Gasteiger partial charge on any atom is 0.0604 e. The number of rotatable bonds is 4. The van der Waals surface area contributed by atoms with E-state index in [1.54, 1.807) is 0 Å². The molecule has 0 unspecified atom stereocenters. The molecule has 0 heterocycles. The molecule has 1 fully saturated rings. The van der Waals surface area contributed by atoms with Gasteiger partial charge < -0.3 is 5.11 Å². The lowest BCUT2D eigenvalue weighted by atomic mass is 9.64. The maximum absolute atomic E-state index is 10.5. The van der Waals surface area contributed by atoms with Gasteiger partial charge in [0.25, 0.3) is 0 Å². The number of allylic oxidation sites excluding steroid dienone is 1. The van der Waals surface area contributed by atoms with Gasteiger partial charge in [-0.1, -0.05) is 33.8 Å². The second-order valence-electron chi connectivity index (χ2n) is 6.08. The van der Waals surface area contributed by atoms with Crippen LogP contribution in [0.3, 0.4) is 0 Å². The number of aliphatic hydroxyl groups is 1. The molecule has 1 nitrogen and oxygen atoms in total. The Morgan fingerprint density at radius 3 is 2.25 bits per heavy atom. The minimum Gasteiger partial charge on any atom is -0.393 e. The van der Waals surface area contributed by atoms with Gasteiger partial charge in [-0.05, 0) is 48.9 Å². The summed E-state index contributed by atoms with van der Waals surface area (Å²) in [7, 11) is 0. The fourth-order valence-corrected chi connectivity index (χ4v) is 3.49. The van der Waals surface area contributed by atoms with Gasteiger partial charge >= 0.3 is 0 Å². The van der Waals surface area contributed by atoms with Crippen LogP contribution in [0.25, 0.3) is 0 Å². The van der Waals surface area contributed by atoms with Gasteiger partial charge in [-0.25, -0.2) is 0 Å². The molecule has 0 spiro atoms. The molecule has 0 radical (unpaired) electrons. The summed E-state index contributed by atoms with van der Waals surface area (Å²) in [5.41, 5.74) is 0. The Hall–Kier alpha value is -0.300. The summed E-state index contributed by atoms with van der Waals surface area (Å²) in [6, 6.07) is 0. The normalized spacial score (nSPS) is 35.7. The van der Waals surface area contributed by atoms with Crippen LogP contribution in [-0.2, 0) is 0 Å². The molecule has 16 heavy (non-hydrogen) atoms. The highest BCUT2D eigenvalue weighted by Gasteiger charge is 2.40. The van der Waals surface area contributed by atoms with Gasteiger partial charge in [-0.2, -0.15) is 0 Å². The summed E-state index contributed by atoms with van der Waals surface area (Å²) in [6.07, 6.45) is 5.40. The van der Waals surface area contributed by atoms with Gasteiger partial charge in [0, 0.05) is 0 Å². The first-order valence-electron chi connectivity index (χ1n) is 6.78. The van der Waals surface area contributed by atoms with Crippen LogP contribution in [0, 0.1) is 29.6 Å². The predicted octanol–water partition coefficient (Wildman–Crippen LogP) is 3.88. The Balaban J connectivity index is 2.78. The Labute approximate surface area is 101 Å². The molecule has 0 aromatic rings. The largest absolute Gasteiger partial charge is 0.393 e. The van der Waals surface area contributed by atoms with E-state index >= 15 is 0 Å². The van der Waals surface area contributed by atoms with Crippen LogP contribution in [0.1, 0.15) is 47.0 Å². The van der Waals surface area contributed by atoms with E-state index in [1.165, 1.54) is 12.8 Å². The summed E-state index contributed by atoms with van der Waals surface area (Å²) in [6.45, 7) is 12.8. The first-order chi connectivity index (χ1) is 7.49. The van der Waals surface area contributed by atoms with Gasteiger partial charge in [-0.15, -0.1) is 6.58 Å². The molecule has 0 saturated heterocycles. The van der Waals surface area contributed by atoms with E-state index in [2.05, 4.69) is 34.3 Å². The molecule has 0 aromatic heterocycles. The monoisotopic (exact) mass is 224 g/mol. The van der Waals surface area contributed by atoms with E-state index in [1.807, 2.05) is 6.08 Å². The van der Waals surface area contributed by atoms with Crippen molar-refractivity contribution in [2.24, 2.45) is 29.6 Å². The molecule has 1 saturated carbocycles. The third-order valence-corrected chi connectivity index (χ3v) is 4.34. The van der Waals surface area contributed by atoms with Crippen molar-refractivity contribution in [1.29, 1.82) is 0 Å². The predicted molar refractivity (Wildman–Crippen MR) is 70.2 cm³/mol. The molecule has 0 amide bonds.